The van der Waals surface area contributed by atoms with Crippen molar-refractivity contribution in [1.29, 1.82) is 0 Å². The number of piperidine rings is 1. The topological polar surface area (TPSA) is 97.8 Å². The predicted molar refractivity (Wildman–Crippen MR) is 83.2 cm³/mol. The fourth-order valence-corrected chi connectivity index (χ4v) is 2.69. The summed E-state index contributed by atoms with van der Waals surface area (Å²) in [5.74, 6) is 0.978. The van der Waals surface area contributed by atoms with Crippen molar-refractivity contribution in [3.8, 4) is 11.5 Å². The number of ether oxygens (including phenoxy) is 1. The SMILES string of the molecule is COC(=O)N1CCC(CNC(=O)c2cc(-c3ccco3)on2)CC1. The molecule has 0 atom stereocenters. The Balaban J connectivity index is 1.47. The standard InChI is InChI=1S/C16H19N3O5/c1-22-16(21)19-6-4-11(5-7-19)10-17-15(20)12-9-14(24-18-12)13-3-2-8-23-13/h2-3,8-9,11H,4-7,10H2,1H3,(H,17,20). The third kappa shape index (κ3) is 3.58. The van der Waals surface area contributed by atoms with Crippen LogP contribution in [0.3, 0.4) is 0 Å². The lowest BCUT2D eigenvalue weighted by atomic mass is 9.97. The Bertz CT molecular complexity index is 686. The van der Waals surface area contributed by atoms with Gasteiger partial charge in [-0.3, -0.25) is 4.79 Å². The number of methoxy groups -OCH3 is 1. The third-order valence-electron chi connectivity index (χ3n) is 4.11. The number of carbonyl (C=O) groups excluding carboxylic acids is 2. The van der Waals surface area contributed by atoms with Gasteiger partial charge in [-0.2, -0.15) is 0 Å². The monoisotopic (exact) mass is 333 g/mol. The molecule has 24 heavy (non-hydrogen) atoms. The number of likely N-dealkylation sites (tertiary alicyclic amines) is 1. The molecule has 0 unspecified atom stereocenters. The van der Waals surface area contributed by atoms with Gasteiger partial charge < -0.3 is 23.9 Å². The molecule has 1 aliphatic rings. The van der Waals surface area contributed by atoms with Crippen LogP contribution < -0.4 is 5.32 Å². The number of carbonyl (C=O) groups is 2. The molecule has 128 valence electrons. The lowest BCUT2D eigenvalue weighted by molar-refractivity contribution is 0.0906. The van der Waals surface area contributed by atoms with Gasteiger partial charge in [-0.05, 0) is 30.9 Å². The molecule has 2 aromatic rings. The maximum absolute atomic E-state index is 12.1. The van der Waals surface area contributed by atoms with Crippen LogP contribution in [0.5, 0.6) is 0 Å². The van der Waals surface area contributed by atoms with E-state index in [9.17, 15) is 9.59 Å². The van der Waals surface area contributed by atoms with E-state index in [2.05, 4.69) is 10.5 Å². The highest BCUT2D eigenvalue weighted by atomic mass is 16.5. The molecule has 1 fully saturated rings. The van der Waals surface area contributed by atoms with E-state index in [0.29, 0.717) is 37.1 Å². The zero-order chi connectivity index (χ0) is 16.9. The molecule has 3 rings (SSSR count). The van der Waals surface area contributed by atoms with E-state index in [-0.39, 0.29) is 17.7 Å². The van der Waals surface area contributed by atoms with Crippen LogP contribution in [0.4, 0.5) is 4.79 Å². The minimum Gasteiger partial charge on any atom is -0.461 e. The van der Waals surface area contributed by atoms with Crippen molar-refractivity contribution in [2.75, 3.05) is 26.7 Å². The molecule has 2 amide bonds. The van der Waals surface area contributed by atoms with Crippen molar-refractivity contribution < 1.29 is 23.3 Å². The average molecular weight is 333 g/mol. The molecule has 1 N–H and O–H groups in total. The fourth-order valence-electron chi connectivity index (χ4n) is 2.69. The van der Waals surface area contributed by atoms with Crippen molar-refractivity contribution >= 4 is 12.0 Å². The van der Waals surface area contributed by atoms with Gasteiger partial charge in [0.2, 0.25) is 5.76 Å². The molecule has 8 nitrogen and oxygen atoms in total. The Morgan fingerprint density at radius 2 is 2.17 bits per heavy atom. The molecule has 0 radical (unpaired) electrons. The third-order valence-corrected chi connectivity index (χ3v) is 4.11. The molecule has 8 heteroatoms. The summed E-state index contributed by atoms with van der Waals surface area (Å²) in [6.07, 6.45) is 2.88. The van der Waals surface area contributed by atoms with Crippen LogP contribution >= 0.6 is 0 Å². The first-order valence-corrected chi connectivity index (χ1v) is 7.79. The van der Waals surface area contributed by atoms with Gasteiger partial charge in [0.05, 0.1) is 13.4 Å². The van der Waals surface area contributed by atoms with Gasteiger partial charge >= 0.3 is 6.09 Å². The summed E-state index contributed by atoms with van der Waals surface area (Å²) in [6.45, 7) is 1.82. The first kappa shape index (κ1) is 16.1. The second-order valence-electron chi connectivity index (χ2n) is 5.66. The quantitative estimate of drug-likeness (QED) is 0.920. The minimum absolute atomic E-state index is 0.216. The molecule has 0 spiro atoms. The number of aromatic nitrogens is 1. The van der Waals surface area contributed by atoms with Gasteiger partial charge in [0.25, 0.3) is 5.91 Å². The first-order valence-electron chi connectivity index (χ1n) is 7.79. The van der Waals surface area contributed by atoms with Crippen molar-refractivity contribution in [3.05, 3.63) is 30.2 Å². The lowest BCUT2D eigenvalue weighted by Gasteiger charge is -2.30. The summed E-state index contributed by atoms with van der Waals surface area (Å²) in [6, 6.07) is 5.02. The molecule has 1 aliphatic heterocycles. The van der Waals surface area contributed by atoms with Gasteiger partial charge in [-0.1, -0.05) is 5.16 Å². The van der Waals surface area contributed by atoms with E-state index in [4.69, 9.17) is 13.7 Å². The molecule has 1 saturated heterocycles. The Morgan fingerprint density at radius 3 is 2.83 bits per heavy atom. The van der Waals surface area contributed by atoms with E-state index in [0.717, 1.165) is 12.8 Å². The van der Waals surface area contributed by atoms with E-state index >= 15 is 0 Å². The average Bonchev–Trinajstić information content (AvgIpc) is 3.30. The maximum Gasteiger partial charge on any atom is 0.409 e. The number of amides is 2. The summed E-state index contributed by atoms with van der Waals surface area (Å²) in [7, 11) is 1.38. The van der Waals surface area contributed by atoms with Gasteiger partial charge in [-0.25, -0.2) is 4.79 Å². The molecule has 0 aliphatic carbocycles. The molecule has 3 heterocycles. The molecule has 0 saturated carbocycles. The summed E-state index contributed by atoms with van der Waals surface area (Å²) in [5.41, 5.74) is 0.216. The van der Waals surface area contributed by atoms with Gasteiger partial charge in [0, 0.05) is 25.7 Å². The van der Waals surface area contributed by atoms with Crippen LogP contribution in [0.15, 0.2) is 33.4 Å². The summed E-state index contributed by atoms with van der Waals surface area (Å²) in [5, 5.41) is 6.62. The zero-order valence-electron chi connectivity index (χ0n) is 13.4. The first-order chi connectivity index (χ1) is 11.7. The molecular weight excluding hydrogens is 314 g/mol. The molecule has 0 bridgehead atoms. The fraction of sp³-hybridized carbons (Fsp3) is 0.438. The summed E-state index contributed by atoms with van der Waals surface area (Å²) in [4.78, 5) is 25.2. The highest BCUT2D eigenvalue weighted by Gasteiger charge is 2.24. The Labute approximate surface area is 138 Å². The second-order valence-corrected chi connectivity index (χ2v) is 5.66. The van der Waals surface area contributed by atoms with Crippen LogP contribution in [-0.4, -0.2) is 48.8 Å². The van der Waals surface area contributed by atoms with Crippen molar-refractivity contribution in [2.24, 2.45) is 5.92 Å². The zero-order valence-corrected chi connectivity index (χ0v) is 13.4. The normalized spacial score (nSPS) is 15.3. The van der Waals surface area contributed by atoms with Crippen LogP contribution in [0, 0.1) is 5.92 Å². The number of furan rings is 1. The van der Waals surface area contributed by atoms with E-state index < -0.39 is 0 Å². The highest BCUT2D eigenvalue weighted by molar-refractivity contribution is 5.92. The Kier molecular flexibility index (Phi) is 4.83. The largest absolute Gasteiger partial charge is 0.461 e. The Hall–Kier alpha value is -2.77. The van der Waals surface area contributed by atoms with Crippen molar-refractivity contribution in [2.45, 2.75) is 12.8 Å². The number of nitrogens with zero attached hydrogens (tertiary/aromatic N) is 2. The Morgan fingerprint density at radius 1 is 1.38 bits per heavy atom. The van der Waals surface area contributed by atoms with E-state index in [1.807, 2.05) is 0 Å². The van der Waals surface area contributed by atoms with Crippen LogP contribution in [0.1, 0.15) is 23.3 Å². The van der Waals surface area contributed by atoms with Gasteiger partial charge in [0.15, 0.2) is 11.5 Å². The van der Waals surface area contributed by atoms with Crippen LogP contribution in [0.2, 0.25) is 0 Å². The van der Waals surface area contributed by atoms with Gasteiger partial charge in [-0.15, -0.1) is 0 Å². The summed E-state index contributed by atoms with van der Waals surface area (Å²) < 4.78 is 15.0. The van der Waals surface area contributed by atoms with E-state index in [1.165, 1.54) is 13.4 Å². The summed E-state index contributed by atoms with van der Waals surface area (Å²) >= 11 is 0. The molecular formula is C16H19N3O5. The molecule has 2 aromatic heterocycles. The second kappa shape index (κ2) is 7.20. The van der Waals surface area contributed by atoms with Crippen LogP contribution in [0.25, 0.3) is 11.5 Å². The number of rotatable bonds is 4. The highest BCUT2D eigenvalue weighted by Crippen LogP contribution is 2.21. The number of hydrogen-bond donors (Lipinski definition) is 1. The number of hydrogen-bond acceptors (Lipinski definition) is 6. The predicted octanol–water partition coefficient (Wildman–Crippen LogP) is 2.14. The smallest absolute Gasteiger partial charge is 0.409 e. The van der Waals surface area contributed by atoms with Crippen molar-refractivity contribution in [3.63, 3.8) is 0 Å². The van der Waals surface area contributed by atoms with Crippen molar-refractivity contribution in [1.82, 2.24) is 15.4 Å². The number of nitrogens with one attached hydrogen (secondary N) is 1. The van der Waals surface area contributed by atoms with E-state index in [1.54, 1.807) is 23.1 Å². The lowest BCUT2D eigenvalue weighted by Crippen LogP contribution is -2.41. The van der Waals surface area contributed by atoms with Crippen LogP contribution in [-0.2, 0) is 4.74 Å². The van der Waals surface area contributed by atoms with Gasteiger partial charge in [0.1, 0.15) is 0 Å². The maximum atomic E-state index is 12.1. The minimum atomic E-state index is -0.300. The molecule has 0 aromatic carbocycles.